The summed E-state index contributed by atoms with van der Waals surface area (Å²) in [4.78, 5) is 2.72. The number of rotatable bonds is 3. The summed E-state index contributed by atoms with van der Waals surface area (Å²) in [5.74, 6) is 1.92. The molecule has 0 unspecified atom stereocenters. The molecule has 2 aliphatic rings. The van der Waals surface area contributed by atoms with Crippen molar-refractivity contribution in [3.8, 4) is 0 Å². The van der Waals surface area contributed by atoms with E-state index in [4.69, 9.17) is 0 Å². The maximum atomic E-state index is 3.50. The fraction of sp³-hybridized carbons (Fsp3) is 1.00. The van der Waals surface area contributed by atoms with Gasteiger partial charge in [0.1, 0.15) is 0 Å². The highest BCUT2D eigenvalue weighted by Gasteiger charge is 2.32. The first-order valence-electron chi connectivity index (χ1n) is 8.74. The van der Waals surface area contributed by atoms with E-state index in [1.165, 1.54) is 58.2 Å². The van der Waals surface area contributed by atoms with Crippen molar-refractivity contribution in [3.63, 3.8) is 0 Å². The second-order valence-electron chi connectivity index (χ2n) is 8.69. The second kappa shape index (κ2) is 6.36. The van der Waals surface area contributed by atoms with Crippen LogP contribution in [0.2, 0.25) is 0 Å². The molecule has 0 aromatic heterocycles. The Bertz CT molecular complexity index is 289. The van der Waals surface area contributed by atoms with Crippen LogP contribution in [0.1, 0.15) is 66.2 Å². The SMILES string of the molecule is CNC1(C)CCN(CC2CCC(C(C)(C)C)CC2)CC1. The molecule has 2 rings (SSSR count). The summed E-state index contributed by atoms with van der Waals surface area (Å²) in [6.07, 6.45) is 8.44. The lowest BCUT2D eigenvalue weighted by molar-refractivity contribution is 0.0971. The topological polar surface area (TPSA) is 15.3 Å². The third-order valence-corrected chi connectivity index (χ3v) is 6.15. The lowest BCUT2D eigenvalue weighted by Gasteiger charge is -2.42. The Labute approximate surface area is 126 Å². The van der Waals surface area contributed by atoms with Crippen LogP contribution in [-0.2, 0) is 0 Å². The van der Waals surface area contributed by atoms with E-state index in [0.29, 0.717) is 11.0 Å². The zero-order valence-electron chi connectivity index (χ0n) is 14.5. The lowest BCUT2D eigenvalue weighted by Crippen LogP contribution is -2.50. The molecule has 2 heteroatoms. The van der Waals surface area contributed by atoms with Crippen LogP contribution >= 0.6 is 0 Å². The molecule has 1 aliphatic heterocycles. The predicted octanol–water partition coefficient (Wildman–Crippen LogP) is 3.91. The van der Waals surface area contributed by atoms with Crippen molar-refractivity contribution in [2.24, 2.45) is 17.3 Å². The zero-order chi connectivity index (χ0) is 14.8. The van der Waals surface area contributed by atoms with Crippen LogP contribution in [-0.4, -0.2) is 37.1 Å². The van der Waals surface area contributed by atoms with Crippen molar-refractivity contribution in [1.82, 2.24) is 10.2 Å². The van der Waals surface area contributed by atoms with Crippen LogP contribution in [0.5, 0.6) is 0 Å². The lowest BCUT2D eigenvalue weighted by atomic mass is 9.69. The van der Waals surface area contributed by atoms with Gasteiger partial charge < -0.3 is 10.2 Å². The molecule has 0 spiro atoms. The van der Waals surface area contributed by atoms with Crippen molar-refractivity contribution in [1.29, 1.82) is 0 Å². The van der Waals surface area contributed by atoms with E-state index in [2.05, 4.69) is 45.0 Å². The highest BCUT2D eigenvalue weighted by atomic mass is 15.1. The largest absolute Gasteiger partial charge is 0.314 e. The normalized spacial score (nSPS) is 32.2. The number of hydrogen-bond acceptors (Lipinski definition) is 2. The van der Waals surface area contributed by atoms with Gasteiger partial charge in [-0.3, -0.25) is 0 Å². The van der Waals surface area contributed by atoms with Crippen LogP contribution in [0.4, 0.5) is 0 Å². The minimum Gasteiger partial charge on any atom is -0.314 e. The first kappa shape index (κ1) is 16.3. The van der Waals surface area contributed by atoms with Gasteiger partial charge in [-0.1, -0.05) is 20.8 Å². The van der Waals surface area contributed by atoms with Crippen molar-refractivity contribution in [2.45, 2.75) is 71.8 Å². The van der Waals surface area contributed by atoms with Gasteiger partial charge in [-0.15, -0.1) is 0 Å². The molecule has 1 saturated carbocycles. The first-order chi connectivity index (χ1) is 9.32. The number of hydrogen-bond donors (Lipinski definition) is 1. The van der Waals surface area contributed by atoms with E-state index < -0.39 is 0 Å². The molecule has 0 aromatic carbocycles. The van der Waals surface area contributed by atoms with Crippen LogP contribution in [0.15, 0.2) is 0 Å². The van der Waals surface area contributed by atoms with Crippen molar-refractivity contribution >= 4 is 0 Å². The average Bonchev–Trinajstić information content (AvgIpc) is 2.41. The molecule has 0 bridgehead atoms. The van der Waals surface area contributed by atoms with Crippen LogP contribution < -0.4 is 5.32 Å². The van der Waals surface area contributed by atoms with Crippen LogP contribution in [0.25, 0.3) is 0 Å². The third kappa shape index (κ3) is 4.21. The molecule has 0 amide bonds. The molecule has 20 heavy (non-hydrogen) atoms. The average molecular weight is 280 g/mol. The van der Waals surface area contributed by atoms with Gasteiger partial charge in [-0.05, 0) is 82.8 Å². The molecule has 0 aromatic rings. The molecule has 1 saturated heterocycles. The van der Waals surface area contributed by atoms with Gasteiger partial charge in [-0.2, -0.15) is 0 Å². The van der Waals surface area contributed by atoms with Gasteiger partial charge in [0.25, 0.3) is 0 Å². The Hall–Kier alpha value is -0.0800. The van der Waals surface area contributed by atoms with E-state index in [9.17, 15) is 0 Å². The fourth-order valence-corrected chi connectivity index (χ4v) is 4.06. The summed E-state index contributed by atoms with van der Waals surface area (Å²) in [6, 6.07) is 0. The van der Waals surface area contributed by atoms with Gasteiger partial charge in [0.15, 0.2) is 0 Å². The summed E-state index contributed by atoms with van der Waals surface area (Å²) < 4.78 is 0. The molecule has 2 fully saturated rings. The van der Waals surface area contributed by atoms with E-state index in [0.717, 1.165) is 11.8 Å². The molecule has 2 nitrogen and oxygen atoms in total. The zero-order valence-corrected chi connectivity index (χ0v) is 14.5. The van der Waals surface area contributed by atoms with Crippen molar-refractivity contribution < 1.29 is 0 Å². The van der Waals surface area contributed by atoms with E-state index in [1.807, 2.05) is 0 Å². The summed E-state index contributed by atoms with van der Waals surface area (Å²) >= 11 is 0. The third-order valence-electron chi connectivity index (χ3n) is 6.15. The van der Waals surface area contributed by atoms with Crippen LogP contribution in [0.3, 0.4) is 0 Å². The maximum absolute atomic E-state index is 3.50. The fourth-order valence-electron chi connectivity index (χ4n) is 4.06. The number of nitrogens with zero attached hydrogens (tertiary/aromatic N) is 1. The van der Waals surface area contributed by atoms with E-state index >= 15 is 0 Å². The first-order valence-corrected chi connectivity index (χ1v) is 8.74. The summed E-state index contributed by atoms with van der Waals surface area (Å²) in [6.45, 7) is 13.6. The molecule has 0 radical (unpaired) electrons. The minimum atomic E-state index is 0.389. The standard InChI is InChI=1S/C18H36N2/c1-17(2,3)16-8-6-15(7-9-16)14-20-12-10-18(4,19-5)11-13-20/h15-16,19H,6-14H2,1-5H3. The van der Waals surface area contributed by atoms with E-state index in [-0.39, 0.29) is 0 Å². The van der Waals surface area contributed by atoms with Crippen molar-refractivity contribution in [3.05, 3.63) is 0 Å². The monoisotopic (exact) mass is 280 g/mol. The molecule has 0 atom stereocenters. The number of likely N-dealkylation sites (tertiary alicyclic amines) is 1. The molecular formula is C18H36N2. The van der Waals surface area contributed by atoms with Crippen molar-refractivity contribution in [2.75, 3.05) is 26.7 Å². The quantitative estimate of drug-likeness (QED) is 0.843. The molecule has 1 N–H and O–H groups in total. The number of piperidine rings is 1. The summed E-state index contributed by atoms with van der Waals surface area (Å²) in [7, 11) is 2.11. The Balaban J connectivity index is 1.72. The Kier molecular flexibility index (Phi) is 5.18. The van der Waals surface area contributed by atoms with Gasteiger partial charge in [0.05, 0.1) is 0 Å². The van der Waals surface area contributed by atoms with Gasteiger partial charge >= 0.3 is 0 Å². The van der Waals surface area contributed by atoms with Gasteiger partial charge in [0.2, 0.25) is 0 Å². The van der Waals surface area contributed by atoms with Gasteiger partial charge in [0, 0.05) is 12.1 Å². The molecule has 1 aliphatic carbocycles. The smallest absolute Gasteiger partial charge is 0.0174 e. The molecular weight excluding hydrogens is 244 g/mol. The predicted molar refractivity (Wildman–Crippen MR) is 88.0 cm³/mol. The molecule has 1 heterocycles. The second-order valence-corrected chi connectivity index (χ2v) is 8.69. The highest BCUT2D eigenvalue weighted by molar-refractivity contribution is 4.89. The van der Waals surface area contributed by atoms with Gasteiger partial charge in [-0.25, -0.2) is 0 Å². The Morgan fingerprint density at radius 3 is 2.05 bits per heavy atom. The maximum Gasteiger partial charge on any atom is 0.0174 e. The minimum absolute atomic E-state index is 0.389. The highest BCUT2D eigenvalue weighted by Crippen LogP contribution is 2.40. The van der Waals surface area contributed by atoms with E-state index in [1.54, 1.807) is 0 Å². The summed E-state index contributed by atoms with van der Waals surface area (Å²) in [5.41, 5.74) is 0.908. The Morgan fingerprint density at radius 1 is 1.05 bits per heavy atom. The Morgan fingerprint density at radius 2 is 1.60 bits per heavy atom. The number of nitrogens with one attached hydrogen (secondary N) is 1. The molecule has 118 valence electrons. The summed E-state index contributed by atoms with van der Waals surface area (Å²) in [5, 5.41) is 3.50. The van der Waals surface area contributed by atoms with Crippen LogP contribution in [0, 0.1) is 17.3 Å².